The van der Waals surface area contributed by atoms with Crippen LogP contribution < -0.4 is 0 Å². The Morgan fingerprint density at radius 1 is 0.938 bits per heavy atom. The lowest BCUT2D eigenvalue weighted by atomic mass is 10.4. The van der Waals surface area contributed by atoms with Gasteiger partial charge in [-0.2, -0.15) is 15.8 Å². The molecule has 0 aromatic heterocycles. The lowest BCUT2D eigenvalue weighted by Gasteiger charge is -2.15. The smallest absolute Gasteiger partial charge is 0.286 e. The van der Waals surface area contributed by atoms with Gasteiger partial charge in [-0.15, -0.1) is 0 Å². The fourth-order valence-electron chi connectivity index (χ4n) is 0.878. The van der Waals surface area contributed by atoms with Crippen LogP contribution in [-0.2, 0) is 14.2 Å². The zero-order valence-electron chi connectivity index (χ0n) is 8.89. The molecule has 0 fully saturated rings. The molecule has 0 N–H and O–H groups in total. The Balaban J connectivity index is 3.69. The second-order valence-corrected chi connectivity index (χ2v) is 2.79. The number of hydrogen-bond donors (Lipinski definition) is 0. The number of ether oxygens (including phenoxy) is 3. The summed E-state index contributed by atoms with van der Waals surface area (Å²) in [4.78, 5) is 0. The Morgan fingerprint density at radius 2 is 1.62 bits per heavy atom. The van der Waals surface area contributed by atoms with Crippen molar-refractivity contribution in [3.8, 4) is 18.4 Å². The monoisotopic (exact) mass is 223 g/mol. The van der Waals surface area contributed by atoms with E-state index in [1.165, 1.54) is 6.26 Å². The van der Waals surface area contributed by atoms with Crippen LogP contribution in [0.1, 0.15) is 12.8 Å². The van der Waals surface area contributed by atoms with E-state index in [0.717, 1.165) is 0 Å². The number of nitriles is 3. The van der Waals surface area contributed by atoms with Gasteiger partial charge in [0.1, 0.15) is 12.7 Å². The van der Waals surface area contributed by atoms with E-state index >= 15 is 0 Å². The predicted molar refractivity (Wildman–Crippen MR) is 52.6 cm³/mol. The van der Waals surface area contributed by atoms with Gasteiger partial charge >= 0.3 is 0 Å². The summed E-state index contributed by atoms with van der Waals surface area (Å²) in [5.74, 6) is 0. The quantitative estimate of drug-likeness (QED) is 0.421. The Morgan fingerprint density at radius 3 is 2.25 bits per heavy atom. The highest BCUT2D eigenvalue weighted by Crippen LogP contribution is 1.97. The molecule has 0 saturated carbocycles. The second-order valence-electron chi connectivity index (χ2n) is 2.79. The summed E-state index contributed by atoms with van der Waals surface area (Å²) in [5, 5.41) is 24.8. The Kier molecular flexibility index (Phi) is 9.99. The van der Waals surface area contributed by atoms with Crippen molar-refractivity contribution in [3.63, 3.8) is 0 Å². The Labute approximate surface area is 94.5 Å². The van der Waals surface area contributed by atoms with Crippen molar-refractivity contribution in [2.24, 2.45) is 0 Å². The molecule has 0 aromatic carbocycles. The van der Waals surface area contributed by atoms with Crippen molar-refractivity contribution in [1.29, 1.82) is 15.8 Å². The molecule has 0 saturated heterocycles. The van der Waals surface area contributed by atoms with Crippen LogP contribution >= 0.6 is 0 Å². The molecular formula is C10H13N3O3. The summed E-state index contributed by atoms with van der Waals surface area (Å²) < 4.78 is 14.9. The molecule has 0 aliphatic rings. The highest BCUT2D eigenvalue weighted by Gasteiger charge is 2.10. The van der Waals surface area contributed by atoms with Crippen LogP contribution in [0.15, 0.2) is 0 Å². The molecule has 16 heavy (non-hydrogen) atoms. The van der Waals surface area contributed by atoms with E-state index in [1.54, 1.807) is 0 Å². The van der Waals surface area contributed by atoms with Crippen molar-refractivity contribution in [2.75, 3.05) is 26.4 Å². The molecule has 0 heterocycles. The molecule has 6 heteroatoms. The number of hydrogen-bond acceptors (Lipinski definition) is 6. The minimum Gasteiger partial charge on any atom is -0.425 e. The summed E-state index contributed by atoms with van der Waals surface area (Å²) in [6.07, 6.45) is 1.74. The maximum Gasteiger partial charge on any atom is 0.286 e. The van der Waals surface area contributed by atoms with Crippen molar-refractivity contribution in [3.05, 3.63) is 0 Å². The summed E-state index contributed by atoms with van der Waals surface area (Å²) in [6, 6.07) is 3.89. The van der Waals surface area contributed by atoms with E-state index in [2.05, 4.69) is 4.74 Å². The van der Waals surface area contributed by atoms with Gasteiger partial charge in [-0.05, 0) is 0 Å². The second kappa shape index (κ2) is 11.3. The zero-order chi connectivity index (χ0) is 12.1. The average molecular weight is 223 g/mol. The van der Waals surface area contributed by atoms with Crippen LogP contribution in [0.5, 0.6) is 0 Å². The lowest BCUT2D eigenvalue weighted by molar-refractivity contribution is -0.0399. The molecule has 0 aliphatic heterocycles. The van der Waals surface area contributed by atoms with Crippen LogP contribution in [0.3, 0.4) is 0 Å². The van der Waals surface area contributed by atoms with E-state index in [4.69, 9.17) is 25.3 Å². The maximum atomic E-state index is 8.32. The minimum atomic E-state index is -0.383. The summed E-state index contributed by atoms with van der Waals surface area (Å²) in [7, 11) is 0. The van der Waals surface area contributed by atoms with Gasteiger partial charge in [-0.3, -0.25) is 0 Å². The van der Waals surface area contributed by atoms with Crippen molar-refractivity contribution < 1.29 is 14.2 Å². The van der Waals surface area contributed by atoms with E-state index < -0.39 is 0 Å². The van der Waals surface area contributed by atoms with Crippen LogP contribution in [0.4, 0.5) is 0 Å². The Hall–Kier alpha value is -1.81. The first kappa shape index (κ1) is 14.2. The molecule has 1 unspecified atom stereocenters. The van der Waals surface area contributed by atoms with Crippen LogP contribution in [-0.4, -0.2) is 32.5 Å². The molecule has 1 atom stereocenters. The molecule has 0 radical (unpaired) electrons. The number of rotatable bonds is 9. The summed E-state index contributed by atoms with van der Waals surface area (Å²) in [5.41, 5.74) is 0. The van der Waals surface area contributed by atoms with E-state index in [1.807, 2.05) is 12.1 Å². The minimum absolute atomic E-state index is 0.0917. The summed E-state index contributed by atoms with van der Waals surface area (Å²) in [6.45, 7) is 0.933. The molecule has 0 amide bonds. The molecule has 0 aromatic rings. The first-order valence-corrected chi connectivity index (χ1v) is 4.79. The topological polar surface area (TPSA) is 99.1 Å². The summed E-state index contributed by atoms with van der Waals surface area (Å²) >= 11 is 0. The fourth-order valence-corrected chi connectivity index (χ4v) is 0.878. The van der Waals surface area contributed by atoms with E-state index in [-0.39, 0.29) is 32.3 Å². The number of nitrogens with zero attached hydrogens (tertiary/aromatic N) is 3. The lowest BCUT2D eigenvalue weighted by Crippen LogP contribution is -2.25. The van der Waals surface area contributed by atoms with E-state index in [0.29, 0.717) is 13.0 Å². The van der Waals surface area contributed by atoms with Crippen molar-refractivity contribution >= 4 is 0 Å². The first-order chi connectivity index (χ1) is 7.85. The molecule has 0 bridgehead atoms. The maximum absolute atomic E-state index is 8.32. The SMILES string of the molecule is N#CCCOCC(COC#N)OCCC#N. The van der Waals surface area contributed by atoms with Gasteiger partial charge in [0.05, 0.1) is 44.8 Å². The molecule has 6 nitrogen and oxygen atoms in total. The molecule has 86 valence electrons. The molecular weight excluding hydrogens is 210 g/mol. The third kappa shape index (κ3) is 8.77. The third-order valence-electron chi connectivity index (χ3n) is 1.56. The highest BCUT2D eigenvalue weighted by molar-refractivity contribution is 4.70. The molecule has 0 aliphatic carbocycles. The van der Waals surface area contributed by atoms with E-state index in [9.17, 15) is 0 Å². The predicted octanol–water partition coefficient (Wildman–Crippen LogP) is 0.713. The largest absolute Gasteiger partial charge is 0.425 e. The highest BCUT2D eigenvalue weighted by atomic mass is 16.6. The first-order valence-electron chi connectivity index (χ1n) is 4.79. The van der Waals surface area contributed by atoms with Gasteiger partial charge in [-0.1, -0.05) is 0 Å². The van der Waals surface area contributed by atoms with Crippen molar-refractivity contribution in [1.82, 2.24) is 0 Å². The zero-order valence-corrected chi connectivity index (χ0v) is 8.89. The standard InChI is InChI=1S/C10H13N3O3/c11-3-1-5-14-7-10(8-15-9-13)16-6-2-4-12/h10H,1-2,5-8H2. The molecule has 0 rings (SSSR count). The van der Waals surface area contributed by atoms with Gasteiger partial charge in [0.25, 0.3) is 6.26 Å². The van der Waals surface area contributed by atoms with Gasteiger partial charge in [-0.25, -0.2) is 0 Å². The molecule has 0 spiro atoms. The van der Waals surface area contributed by atoms with Crippen LogP contribution in [0.2, 0.25) is 0 Å². The average Bonchev–Trinajstić information content (AvgIpc) is 2.31. The third-order valence-corrected chi connectivity index (χ3v) is 1.56. The Bertz CT molecular complexity index is 287. The normalized spacial score (nSPS) is 10.8. The van der Waals surface area contributed by atoms with Gasteiger partial charge in [0.15, 0.2) is 0 Å². The van der Waals surface area contributed by atoms with Gasteiger partial charge in [0, 0.05) is 0 Å². The van der Waals surface area contributed by atoms with Gasteiger partial charge < -0.3 is 14.2 Å². The fraction of sp³-hybridized carbons (Fsp3) is 0.700. The van der Waals surface area contributed by atoms with Crippen LogP contribution in [0, 0.1) is 34.2 Å². The van der Waals surface area contributed by atoms with Crippen LogP contribution in [0.25, 0.3) is 0 Å². The van der Waals surface area contributed by atoms with Crippen molar-refractivity contribution in [2.45, 2.75) is 18.9 Å². The van der Waals surface area contributed by atoms with Gasteiger partial charge in [0.2, 0.25) is 0 Å².